The molecule has 3 aliphatic rings. The van der Waals surface area contributed by atoms with Crippen molar-refractivity contribution in [3.8, 4) is 33.6 Å². The first-order chi connectivity index (χ1) is 26.1. The summed E-state index contributed by atoms with van der Waals surface area (Å²) in [5.41, 5.74) is 21.5. The summed E-state index contributed by atoms with van der Waals surface area (Å²) in [6, 6.07) is 36.5. The molecule has 0 aliphatic heterocycles. The van der Waals surface area contributed by atoms with Gasteiger partial charge in [0, 0.05) is 40.1 Å². The molecule has 2 nitrogen and oxygen atoms in total. The molecule has 0 saturated carbocycles. The number of benzene rings is 4. The standard InChI is InChI=1S/C51H48N2/c1-4-12-44-45-13-6-9-16-49(45)52(48(44)5-2)42-31-27-37(28-32-42)35(3)36-19-21-38(22-20-36)39-23-25-40(26-24-39)41-29-33-43(34-30-41)53-50-17-10-7-14-46(50)47-15-8-11-18-51(47)53/h5,9-11,16-35H,2,4,6-8,12-15H2,1,3H3. The van der Waals surface area contributed by atoms with E-state index in [1.165, 1.54) is 78.7 Å². The largest absolute Gasteiger partial charge is 0.310 e. The topological polar surface area (TPSA) is 9.86 Å². The van der Waals surface area contributed by atoms with Gasteiger partial charge in [0.15, 0.2) is 0 Å². The minimum absolute atomic E-state index is 0.297. The molecule has 0 saturated heterocycles. The monoisotopic (exact) mass is 688 g/mol. The van der Waals surface area contributed by atoms with Crippen LogP contribution in [0.3, 0.4) is 0 Å². The van der Waals surface area contributed by atoms with E-state index in [2.05, 4.69) is 169 Å². The van der Waals surface area contributed by atoms with Crippen LogP contribution in [0, 0.1) is 0 Å². The zero-order valence-electron chi connectivity index (χ0n) is 31.1. The second kappa shape index (κ2) is 14.1. The summed E-state index contributed by atoms with van der Waals surface area (Å²) in [5.74, 6) is 0.297. The third kappa shape index (κ3) is 5.91. The van der Waals surface area contributed by atoms with Gasteiger partial charge in [-0.25, -0.2) is 0 Å². The highest BCUT2D eigenvalue weighted by Crippen LogP contribution is 2.37. The van der Waals surface area contributed by atoms with Crippen molar-refractivity contribution in [2.75, 3.05) is 0 Å². The normalized spacial score (nSPS) is 14.8. The molecule has 53 heavy (non-hydrogen) atoms. The Kier molecular flexibility index (Phi) is 8.84. The highest BCUT2D eigenvalue weighted by atomic mass is 15.0. The maximum absolute atomic E-state index is 4.22. The molecule has 0 spiro atoms. The zero-order chi connectivity index (χ0) is 35.9. The maximum atomic E-state index is 4.22. The van der Waals surface area contributed by atoms with Gasteiger partial charge < -0.3 is 9.13 Å². The van der Waals surface area contributed by atoms with Gasteiger partial charge in [0.2, 0.25) is 0 Å². The minimum Gasteiger partial charge on any atom is -0.310 e. The Morgan fingerprint density at radius 3 is 1.43 bits per heavy atom. The van der Waals surface area contributed by atoms with E-state index < -0.39 is 0 Å². The van der Waals surface area contributed by atoms with Crippen LogP contribution in [0.5, 0.6) is 0 Å². The second-order valence-corrected chi connectivity index (χ2v) is 15.0. The van der Waals surface area contributed by atoms with Crippen LogP contribution in [0.4, 0.5) is 0 Å². The molecule has 0 amide bonds. The number of allylic oxidation sites excluding steroid dienone is 3. The van der Waals surface area contributed by atoms with Crippen LogP contribution >= 0.6 is 0 Å². The molecule has 2 aromatic heterocycles. The van der Waals surface area contributed by atoms with E-state index in [-0.39, 0.29) is 0 Å². The van der Waals surface area contributed by atoms with Gasteiger partial charge in [0.1, 0.15) is 0 Å². The molecule has 0 bridgehead atoms. The smallest absolute Gasteiger partial charge is 0.0494 e. The molecule has 2 heterocycles. The first-order valence-corrected chi connectivity index (χ1v) is 19.7. The van der Waals surface area contributed by atoms with Crippen molar-refractivity contribution < 1.29 is 0 Å². The molecule has 1 unspecified atom stereocenters. The average Bonchev–Trinajstić information content (AvgIpc) is 3.73. The number of fused-ring (bicyclic) bond motifs is 4. The van der Waals surface area contributed by atoms with Crippen LogP contribution in [-0.2, 0) is 25.7 Å². The van der Waals surface area contributed by atoms with E-state index in [0.29, 0.717) is 5.92 Å². The van der Waals surface area contributed by atoms with Gasteiger partial charge in [-0.05, 0) is 149 Å². The molecule has 0 fully saturated rings. The number of nitrogens with zero attached hydrogens (tertiary/aromatic N) is 2. The summed E-state index contributed by atoms with van der Waals surface area (Å²) in [7, 11) is 0. The predicted octanol–water partition coefficient (Wildman–Crippen LogP) is 13.2. The Bertz CT molecular complexity index is 2350. The Labute approximate surface area is 315 Å². The molecule has 1 atom stereocenters. The minimum atomic E-state index is 0.297. The van der Waals surface area contributed by atoms with E-state index in [0.717, 1.165) is 51.4 Å². The van der Waals surface area contributed by atoms with Crippen LogP contribution < -0.4 is 0 Å². The number of hydrogen-bond donors (Lipinski definition) is 0. The maximum Gasteiger partial charge on any atom is 0.0494 e. The van der Waals surface area contributed by atoms with E-state index in [4.69, 9.17) is 0 Å². The summed E-state index contributed by atoms with van der Waals surface area (Å²) >= 11 is 0. The van der Waals surface area contributed by atoms with Crippen molar-refractivity contribution in [1.82, 2.24) is 9.13 Å². The van der Waals surface area contributed by atoms with Crippen molar-refractivity contribution in [1.29, 1.82) is 0 Å². The van der Waals surface area contributed by atoms with Gasteiger partial charge in [-0.2, -0.15) is 0 Å². The van der Waals surface area contributed by atoms with Gasteiger partial charge in [0.25, 0.3) is 0 Å². The van der Waals surface area contributed by atoms with Crippen molar-refractivity contribution in [2.24, 2.45) is 0 Å². The quantitative estimate of drug-likeness (QED) is 0.143. The number of rotatable bonds is 9. The molecule has 4 aromatic carbocycles. The third-order valence-electron chi connectivity index (χ3n) is 11.9. The van der Waals surface area contributed by atoms with Crippen molar-refractivity contribution in [3.05, 3.63) is 178 Å². The lowest BCUT2D eigenvalue weighted by Gasteiger charge is -2.16. The fourth-order valence-electron chi connectivity index (χ4n) is 9.07. The van der Waals surface area contributed by atoms with Crippen molar-refractivity contribution in [3.63, 3.8) is 0 Å². The fourth-order valence-corrected chi connectivity index (χ4v) is 9.07. The van der Waals surface area contributed by atoms with Gasteiger partial charge in [-0.3, -0.25) is 0 Å². The Balaban J connectivity index is 0.909. The van der Waals surface area contributed by atoms with E-state index in [9.17, 15) is 0 Å². The molecule has 6 aromatic rings. The second-order valence-electron chi connectivity index (χ2n) is 15.0. The fraction of sp³-hybridized carbons (Fsp3) is 0.216. The number of aromatic nitrogens is 2. The highest BCUT2D eigenvalue weighted by Gasteiger charge is 2.24. The lowest BCUT2D eigenvalue weighted by atomic mass is 9.91. The van der Waals surface area contributed by atoms with Gasteiger partial charge in [0.05, 0.1) is 0 Å². The molecule has 3 aliphatic carbocycles. The lowest BCUT2D eigenvalue weighted by Crippen LogP contribution is -2.03. The van der Waals surface area contributed by atoms with Crippen LogP contribution in [0.2, 0.25) is 0 Å². The molecule has 0 N–H and O–H groups in total. The van der Waals surface area contributed by atoms with E-state index >= 15 is 0 Å². The van der Waals surface area contributed by atoms with Crippen LogP contribution in [0.25, 0.3) is 57.9 Å². The first kappa shape index (κ1) is 33.3. The van der Waals surface area contributed by atoms with Gasteiger partial charge >= 0.3 is 0 Å². The van der Waals surface area contributed by atoms with Crippen molar-refractivity contribution in [2.45, 2.75) is 71.1 Å². The lowest BCUT2D eigenvalue weighted by molar-refractivity contribution is 0.886. The third-order valence-corrected chi connectivity index (χ3v) is 11.9. The number of hydrogen-bond acceptors (Lipinski definition) is 0. The van der Waals surface area contributed by atoms with Gasteiger partial charge in [-0.15, -0.1) is 0 Å². The summed E-state index contributed by atoms with van der Waals surface area (Å²) in [6.45, 7) is 8.80. The predicted molar refractivity (Wildman–Crippen MR) is 226 cm³/mol. The Morgan fingerprint density at radius 2 is 0.943 bits per heavy atom. The average molecular weight is 689 g/mol. The van der Waals surface area contributed by atoms with Crippen LogP contribution in [-0.4, -0.2) is 9.13 Å². The van der Waals surface area contributed by atoms with Crippen LogP contribution in [0.1, 0.15) is 102 Å². The Hall–Kier alpha value is -5.60. The molecule has 262 valence electrons. The van der Waals surface area contributed by atoms with E-state index in [1.807, 2.05) is 0 Å². The van der Waals surface area contributed by atoms with E-state index in [1.54, 1.807) is 11.1 Å². The highest BCUT2D eigenvalue weighted by molar-refractivity contribution is 5.74. The van der Waals surface area contributed by atoms with Gasteiger partial charge in [-0.1, -0.05) is 118 Å². The molecule has 9 rings (SSSR count). The SMILES string of the molecule is C=Cc1c(CCC)c2c(n1-c1ccc(C(C)c3ccc(-c4ccc(-c5ccc(-n6c7c(c8c6C=CCC8)CCC=C7)cc5)cc4)cc3)cc1)C=CCC2. The van der Waals surface area contributed by atoms with Crippen molar-refractivity contribution >= 4 is 24.3 Å². The van der Waals surface area contributed by atoms with Crippen LogP contribution in [0.15, 0.2) is 122 Å². The summed E-state index contributed by atoms with van der Waals surface area (Å²) < 4.78 is 4.89. The Morgan fingerprint density at radius 1 is 0.547 bits per heavy atom. The molecule has 2 heteroatoms. The zero-order valence-corrected chi connectivity index (χ0v) is 31.1. The summed E-state index contributed by atoms with van der Waals surface area (Å²) in [4.78, 5) is 0. The first-order valence-electron chi connectivity index (χ1n) is 19.7. The molecule has 0 radical (unpaired) electrons. The summed E-state index contributed by atoms with van der Waals surface area (Å²) in [5, 5.41) is 0. The molecular weight excluding hydrogens is 641 g/mol. The summed E-state index contributed by atoms with van der Waals surface area (Å²) in [6.07, 6.45) is 25.1. The molecular formula is C51H48N2.